The molecule has 0 unspecified atom stereocenters. The van der Waals surface area contributed by atoms with E-state index in [4.69, 9.17) is 0 Å². The number of thioether (sulfide) groups is 1. The molecule has 0 fully saturated rings. The lowest BCUT2D eigenvalue weighted by Gasteiger charge is -2.10. The Bertz CT molecular complexity index is 271. The van der Waals surface area contributed by atoms with Crippen molar-refractivity contribution in [3.63, 3.8) is 0 Å². The SMILES string of the molecule is CCSCc1nc(Br)cn1C(C)C. The smallest absolute Gasteiger partial charge is 0.124 e. The van der Waals surface area contributed by atoms with Gasteiger partial charge in [0.05, 0.1) is 5.75 Å². The van der Waals surface area contributed by atoms with Gasteiger partial charge < -0.3 is 4.57 Å². The molecule has 0 aliphatic heterocycles. The van der Waals surface area contributed by atoms with Crippen molar-refractivity contribution in [1.29, 1.82) is 0 Å². The van der Waals surface area contributed by atoms with Gasteiger partial charge in [0.2, 0.25) is 0 Å². The molecule has 13 heavy (non-hydrogen) atoms. The second-order valence-corrected chi connectivity index (χ2v) is 5.20. The van der Waals surface area contributed by atoms with E-state index in [0.29, 0.717) is 6.04 Å². The van der Waals surface area contributed by atoms with Crippen LogP contribution in [-0.4, -0.2) is 15.3 Å². The Morgan fingerprint density at radius 1 is 1.62 bits per heavy atom. The molecule has 1 aromatic heterocycles. The van der Waals surface area contributed by atoms with Crippen molar-refractivity contribution in [3.8, 4) is 0 Å². The van der Waals surface area contributed by atoms with Crippen molar-refractivity contribution < 1.29 is 0 Å². The molecular weight excluding hydrogens is 248 g/mol. The third-order valence-corrected chi connectivity index (χ3v) is 3.02. The van der Waals surface area contributed by atoms with Gasteiger partial charge in [-0.25, -0.2) is 4.98 Å². The Kier molecular flexibility index (Phi) is 4.32. The van der Waals surface area contributed by atoms with Crippen LogP contribution in [-0.2, 0) is 5.75 Å². The van der Waals surface area contributed by atoms with Crippen molar-refractivity contribution in [1.82, 2.24) is 9.55 Å². The standard InChI is InChI=1S/C9H15BrN2S/c1-4-13-6-9-11-8(10)5-12(9)7(2)3/h5,7H,4,6H2,1-3H3. The fourth-order valence-electron chi connectivity index (χ4n) is 1.15. The molecule has 0 atom stereocenters. The first-order chi connectivity index (χ1) is 6.15. The lowest BCUT2D eigenvalue weighted by atomic mass is 10.4. The van der Waals surface area contributed by atoms with Crippen molar-refractivity contribution in [2.24, 2.45) is 0 Å². The zero-order valence-corrected chi connectivity index (χ0v) is 10.7. The van der Waals surface area contributed by atoms with Crippen LogP contribution < -0.4 is 0 Å². The van der Waals surface area contributed by atoms with Crippen LogP contribution in [0.4, 0.5) is 0 Å². The van der Waals surface area contributed by atoms with Gasteiger partial charge in [-0.15, -0.1) is 0 Å². The van der Waals surface area contributed by atoms with Crippen molar-refractivity contribution >= 4 is 27.7 Å². The van der Waals surface area contributed by atoms with E-state index in [9.17, 15) is 0 Å². The van der Waals surface area contributed by atoms with E-state index in [1.54, 1.807) is 0 Å². The van der Waals surface area contributed by atoms with E-state index >= 15 is 0 Å². The largest absolute Gasteiger partial charge is 0.331 e. The summed E-state index contributed by atoms with van der Waals surface area (Å²) >= 11 is 5.30. The molecule has 0 aliphatic carbocycles. The zero-order valence-electron chi connectivity index (χ0n) is 8.25. The molecule has 0 saturated heterocycles. The van der Waals surface area contributed by atoms with Gasteiger partial charge >= 0.3 is 0 Å². The number of nitrogens with zero attached hydrogens (tertiary/aromatic N) is 2. The number of rotatable bonds is 4. The average Bonchev–Trinajstić information content (AvgIpc) is 2.43. The summed E-state index contributed by atoms with van der Waals surface area (Å²) in [7, 11) is 0. The Morgan fingerprint density at radius 3 is 2.85 bits per heavy atom. The molecule has 2 nitrogen and oxygen atoms in total. The Labute approximate surface area is 92.3 Å². The molecule has 1 heterocycles. The highest BCUT2D eigenvalue weighted by atomic mass is 79.9. The summed E-state index contributed by atoms with van der Waals surface area (Å²) < 4.78 is 3.15. The van der Waals surface area contributed by atoms with E-state index in [0.717, 1.165) is 21.9 Å². The van der Waals surface area contributed by atoms with Crippen molar-refractivity contribution in [3.05, 3.63) is 16.6 Å². The quantitative estimate of drug-likeness (QED) is 0.827. The highest BCUT2D eigenvalue weighted by Gasteiger charge is 2.08. The van der Waals surface area contributed by atoms with Crippen LogP contribution in [0, 0.1) is 0 Å². The fourth-order valence-corrected chi connectivity index (χ4v) is 2.17. The summed E-state index contributed by atoms with van der Waals surface area (Å²) in [4.78, 5) is 4.43. The van der Waals surface area contributed by atoms with Gasteiger partial charge in [-0.2, -0.15) is 11.8 Å². The van der Waals surface area contributed by atoms with Crippen LogP contribution in [0.25, 0.3) is 0 Å². The molecule has 0 spiro atoms. The molecule has 0 radical (unpaired) electrons. The average molecular weight is 263 g/mol. The molecular formula is C9H15BrN2S. The normalized spacial score (nSPS) is 11.2. The fraction of sp³-hybridized carbons (Fsp3) is 0.667. The molecule has 1 rings (SSSR count). The van der Waals surface area contributed by atoms with Crippen molar-refractivity contribution in [2.75, 3.05) is 5.75 Å². The first-order valence-electron chi connectivity index (χ1n) is 4.46. The maximum Gasteiger partial charge on any atom is 0.124 e. The van der Waals surface area contributed by atoms with E-state index in [1.165, 1.54) is 0 Å². The summed E-state index contributed by atoms with van der Waals surface area (Å²) in [6.07, 6.45) is 2.05. The minimum Gasteiger partial charge on any atom is -0.331 e. The maximum absolute atomic E-state index is 4.43. The summed E-state index contributed by atoms with van der Waals surface area (Å²) in [6, 6.07) is 0.492. The third-order valence-electron chi connectivity index (χ3n) is 1.77. The van der Waals surface area contributed by atoms with E-state index < -0.39 is 0 Å². The Hall–Kier alpha value is 0.0400. The van der Waals surface area contributed by atoms with Crippen LogP contribution in [0.15, 0.2) is 10.8 Å². The zero-order chi connectivity index (χ0) is 9.84. The van der Waals surface area contributed by atoms with Crippen LogP contribution >= 0.6 is 27.7 Å². The second-order valence-electron chi connectivity index (χ2n) is 3.12. The van der Waals surface area contributed by atoms with E-state index in [1.807, 2.05) is 11.8 Å². The van der Waals surface area contributed by atoms with Gasteiger partial charge in [-0.1, -0.05) is 6.92 Å². The summed E-state index contributed by atoms with van der Waals surface area (Å²) in [5.41, 5.74) is 0. The number of aromatic nitrogens is 2. The highest BCUT2D eigenvalue weighted by molar-refractivity contribution is 9.10. The summed E-state index contributed by atoms with van der Waals surface area (Å²) in [6.45, 7) is 6.52. The molecule has 4 heteroatoms. The summed E-state index contributed by atoms with van der Waals surface area (Å²) in [5.74, 6) is 3.30. The van der Waals surface area contributed by atoms with Gasteiger partial charge in [-0.3, -0.25) is 0 Å². The van der Waals surface area contributed by atoms with Gasteiger partial charge in [0, 0.05) is 12.2 Å². The predicted octanol–water partition coefficient (Wildman–Crippen LogP) is 3.48. The Morgan fingerprint density at radius 2 is 2.31 bits per heavy atom. The van der Waals surface area contributed by atoms with Gasteiger partial charge in [0.15, 0.2) is 0 Å². The van der Waals surface area contributed by atoms with Gasteiger partial charge in [0.25, 0.3) is 0 Å². The lowest BCUT2D eigenvalue weighted by molar-refractivity contribution is 0.580. The second kappa shape index (κ2) is 5.05. The highest BCUT2D eigenvalue weighted by Crippen LogP contribution is 2.19. The number of hydrogen-bond donors (Lipinski definition) is 0. The maximum atomic E-state index is 4.43. The van der Waals surface area contributed by atoms with E-state index in [-0.39, 0.29) is 0 Å². The van der Waals surface area contributed by atoms with E-state index in [2.05, 4.69) is 52.4 Å². The number of imidazole rings is 1. The first kappa shape index (κ1) is 11.1. The van der Waals surface area contributed by atoms with Crippen LogP contribution in [0.5, 0.6) is 0 Å². The van der Waals surface area contributed by atoms with Crippen LogP contribution in [0.1, 0.15) is 32.6 Å². The minimum absolute atomic E-state index is 0.492. The van der Waals surface area contributed by atoms with Gasteiger partial charge in [-0.05, 0) is 35.5 Å². The topological polar surface area (TPSA) is 17.8 Å². The molecule has 0 aliphatic rings. The Balaban J connectivity index is 2.78. The minimum atomic E-state index is 0.492. The predicted molar refractivity (Wildman–Crippen MR) is 62.1 cm³/mol. The van der Waals surface area contributed by atoms with Crippen LogP contribution in [0.2, 0.25) is 0 Å². The summed E-state index contributed by atoms with van der Waals surface area (Å²) in [5, 5.41) is 0. The van der Waals surface area contributed by atoms with Gasteiger partial charge in [0.1, 0.15) is 10.4 Å². The number of hydrogen-bond acceptors (Lipinski definition) is 2. The molecule has 74 valence electrons. The molecule has 0 saturated carbocycles. The first-order valence-corrected chi connectivity index (χ1v) is 6.41. The van der Waals surface area contributed by atoms with Crippen LogP contribution in [0.3, 0.4) is 0 Å². The van der Waals surface area contributed by atoms with Crippen molar-refractivity contribution in [2.45, 2.75) is 32.6 Å². The molecule has 0 amide bonds. The molecule has 1 aromatic rings. The number of halogens is 1. The molecule has 0 aromatic carbocycles. The molecule has 0 bridgehead atoms. The monoisotopic (exact) mass is 262 g/mol. The lowest BCUT2D eigenvalue weighted by Crippen LogP contribution is -2.04. The third kappa shape index (κ3) is 3.02. The molecule has 0 N–H and O–H groups in total.